The van der Waals surface area contributed by atoms with Crippen LogP contribution in [-0.4, -0.2) is 66.6 Å². The summed E-state index contributed by atoms with van der Waals surface area (Å²) < 4.78 is 0. The summed E-state index contributed by atoms with van der Waals surface area (Å²) in [5, 5.41) is 12.3. The molecule has 3 N–H and O–H groups in total. The van der Waals surface area contributed by atoms with Crippen molar-refractivity contribution in [2.24, 2.45) is 0 Å². The minimum absolute atomic E-state index is 0.103. The van der Waals surface area contributed by atoms with Crippen molar-refractivity contribution < 1.29 is 4.79 Å². The monoisotopic (exact) mass is 489 g/mol. The van der Waals surface area contributed by atoms with E-state index in [0.29, 0.717) is 17.9 Å². The number of pyridine rings is 4. The first kappa shape index (κ1) is 22.5. The van der Waals surface area contributed by atoms with Gasteiger partial charge in [-0.05, 0) is 50.5 Å². The average molecular weight is 490 g/mol. The molecule has 0 fully saturated rings. The molecule has 10 heteroatoms. The van der Waals surface area contributed by atoms with Gasteiger partial charge in [-0.1, -0.05) is 0 Å². The summed E-state index contributed by atoms with van der Waals surface area (Å²) in [6.45, 7) is 0.290. The van der Waals surface area contributed by atoms with Gasteiger partial charge in [-0.2, -0.15) is 5.10 Å². The van der Waals surface area contributed by atoms with Crippen molar-refractivity contribution in [2.45, 2.75) is 0 Å². The van der Waals surface area contributed by atoms with Crippen LogP contribution in [-0.2, 0) is 4.79 Å². The van der Waals surface area contributed by atoms with Gasteiger partial charge in [0.25, 0.3) is 0 Å². The third kappa shape index (κ3) is 4.41. The minimum Gasteiger partial charge on any atom is -0.353 e. The molecule has 0 aliphatic rings. The summed E-state index contributed by atoms with van der Waals surface area (Å²) in [6, 6.07) is 11.8. The van der Waals surface area contributed by atoms with E-state index in [9.17, 15) is 4.79 Å². The molecule has 182 valence electrons. The highest BCUT2D eigenvalue weighted by Crippen LogP contribution is 2.33. The van der Waals surface area contributed by atoms with E-state index in [1.807, 2.05) is 49.3 Å². The Balaban J connectivity index is 1.38. The Kier molecular flexibility index (Phi) is 5.62. The predicted molar refractivity (Wildman–Crippen MR) is 143 cm³/mol. The fourth-order valence-corrected chi connectivity index (χ4v) is 4.34. The zero-order valence-electron chi connectivity index (χ0n) is 20.2. The molecular weight excluding hydrogens is 466 g/mol. The van der Waals surface area contributed by atoms with Gasteiger partial charge in [-0.15, -0.1) is 0 Å². The molecule has 0 radical (unpaired) electrons. The van der Waals surface area contributed by atoms with Crippen LogP contribution in [0.4, 0.5) is 5.69 Å². The van der Waals surface area contributed by atoms with Crippen molar-refractivity contribution in [3.05, 3.63) is 73.6 Å². The second-order valence-corrected chi connectivity index (χ2v) is 8.99. The molecule has 0 aliphatic carbocycles. The number of nitrogens with one attached hydrogen (secondary N) is 3. The van der Waals surface area contributed by atoms with Crippen molar-refractivity contribution in [1.29, 1.82) is 0 Å². The van der Waals surface area contributed by atoms with Gasteiger partial charge >= 0.3 is 0 Å². The largest absolute Gasteiger partial charge is 0.353 e. The van der Waals surface area contributed by atoms with Crippen molar-refractivity contribution in [3.8, 4) is 33.8 Å². The van der Waals surface area contributed by atoms with Crippen LogP contribution >= 0.6 is 0 Å². The third-order valence-electron chi connectivity index (χ3n) is 5.98. The Bertz CT molecular complexity index is 1740. The van der Waals surface area contributed by atoms with Gasteiger partial charge in [0, 0.05) is 64.0 Å². The van der Waals surface area contributed by atoms with Gasteiger partial charge in [-0.25, -0.2) is 4.98 Å². The lowest BCUT2D eigenvalue weighted by Crippen LogP contribution is -2.27. The number of carbonyl (C=O) groups is 1. The molecule has 6 heterocycles. The first-order valence-corrected chi connectivity index (χ1v) is 11.7. The van der Waals surface area contributed by atoms with Crippen LogP contribution in [0.15, 0.2) is 73.6 Å². The lowest BCUT2D eigenvalue weighted by atomic mass is 10.1. The fraction of sp³-hybridized carbons (Fsp3) is 0.111. The second-order valence-electron chi connectivity index (χ2n) is 8.99. The van der Waals surface area contributed by atoms with E-state index < -0.39 is 0 Å². The fourth-order valence-electron chi connectivity index (χ4n) is 4.34. The number of amides is 1. The van der Waals surface area contributed by atoms with E-state index in [4.69, 9.17) is 0 Å². The lowest BCUT2D eigenvalue weighted by Gasteiger charge is -2.10. The quantitative estimate of drug-likeness (QED) is 0.321. The van der Waals surface area contributed by atoms with Crippen LogP contribution in [0.5, 0.6) is 0 Å². The van der Waals surface area contributed by atoms with E-state index in [2.05, 4.69) is 46.5 Å². The molecule has 0 aliphatic heterocycles. The number of aromatic nitrogens is 7. The average Bonchev–Trinajstić information content (AvgIpc) is 3.52. The zero-order chi connectivity index (χ0) is 25.4. The minimum atomic E-state index is -0.103. The normalized spacial score (nSPS) is 11.4. The van der Waals surface area contributed by atoms with Crippen molar-refractivity contribution in [3.63, 3.8) is 0 Å². The molecule has 10 nitrogen and oxygen atoms in total. The van der Waals surface area contributed by atoms with E-state index >= 15 is 0 Å². The first-order chi connectivity index (χ1) is 18.0. The van der Waals surface area contributed by atoms with Crippen molar-refractivity contribution in [2.75, 3.05) is 26.0 Å². The molecule has 6 aromatic rings. The molecule has 6 rings (SSSR count). The van der Waals surface area contributed by atoms with E-state index in [-0.39, 0.29) is 5.91 Å². The Hall–Kier alpha value is -4.96. The molecule has 6 aromatic heterocycles. The molecule has 0 aromatic carbocycles. The SMILES string of the molecule is CN(C)CC(=O)Nc1cncc(-c2cnc3n[nH]c(-c4cc5c(-c6cccnc6)nccc5[nH]4)c3c2)c1. The molecule has 0 bridgehead atoms. The second kappa shape index (κ2) is 9.25. The van der Waals surface area contributed by atoms with E-state index in [1.165, 1.54) is 0 Å². The third-order valence-corrected chi connectivity index (χ3v) is 5.98. The number of nitrogens with zero attached hydrogens (tertiary/aromatic N) is 6. The van der Waals surface area contributed by atoms with Crippen LogP contribution in [0, 0.1) is 0 Å². The van der Waals surface area contributed by atoms with Crippen molar-refractivity contribution in [1.82, 2.24) is 40.0 Å². The zero-order valence-corrected chi connectivity index (χ0v) is 20.2. The lowest BCUT2D eigenvalue weighted by molar-refractivity contribution is -0.116. The highest BCUT2D eigenvalue weighted by Gasteiger charge is 2.15. The number of fused-ring (bicyclic) bond motifs is 2. The van der Waals surface area contributed by atoms with Gasteiger partial charge < -0.3 is 15.2 Å². The van der Waals surface area contributed by atoms with Crippen LogP contribution in [0.3, 0.4) is 0 Å². The number of hydrogen-bond donors (Lipinski definition) is 3. The molecule has 0 unspecified atom stereocenters. The number of rotatable bonds is 6. The van der Waals surface area contributed by atoms with Gasteiger partial charge in [0.1, 0.15) is 0 Å². The maximum atomic E-state index is 12.2. The molecule has 1 amide bonds. The van der Waals surface area contributed by atoms with Crippen LogP contribution in [0.2, 0.25) is 0 Å². The van der Waals surface area contributed by atoms with Gasteiger partial charge in [0.2, 0.25) is 5.91 Å². The molecule has 0 saturated carbocycles. The van der Waals surface area contributed by atoms with E-state index in [0.717, 1.165) is 50.1 Å². The Labute approximate surface area is 211 Å². The summed E-state index contributed by atoms with van der Waals surface area (Å²) in [5.41, 5.74) is 7.38. The highest BCUT2D eigenvalue weighted by molar-refractivity contribution is 6.00. The number of anilines is 1. The Morgan fingerprint density at radius 1 is 0.919 bits per heavy atom. The van der Waals surface area contributed by atoms with Gasteiger partial charge in [-0.3, -0.25) is 24.8 Å². The van der Waals surface area contributed by atoms with Crippen LogP contribution in [0.25, 0.3) is 55.7 Å². The molecular formula is C27H23N9O. The Morgan fingerprint density at radius 3 is 2.62 bits per heavy atom. The molecule has 0 saturated heterocycles. The van der Waals surface area contributed by atoms with E-state index in [1.54, 1.807) is 37.2 Å². The number of aromatic amines is 2. The predicted octanol–water partition coefficient (Wildman–Crippen LogP) is 4.13. The van der Waals surface area contributed by atoms with Crippen LogP contribution in [0.1, 0.15) is 0 Å². The molecule has 0 spiro atoms. The summed E-state index contributed by atoms with van der Waals surface area (Å²) in [6.07, 6.45) is 10.5. The topological polar surface area (TPSA) is 128 Å². The van der Waals surface area contributed by atoms with Crippen molar-refractivity contribution >= 4 is 33.5 Å². The number of carbonyl (C=O) groups excluding carboxylic acids is 1. The van der Waals surface area contributed by atoms with Crippen LogP contribution < -0.4 is 5.32 Å². The standard InChI is InChI=1S/C27H23N9O/c1-36(2)15-24(37)32-19-8-17(12-29-14-19)18-9-21-26(34-35-27(21)31-13-18)23-10-20-22(33-23)5-7-30-25(20)16-4-3-6-28-11-16/h3-14,33H,15H2,1-2H3,(H,32,37)(H,31,34,35). The van der Waals surface area contributed by atoms with Gasteiger partial charge in [0.05, 0.1) is 35.5 Å². The molecule has 37 heavy (non-hydrogen) atoms. The summed E-state index contributed by atoms with van der Waals surface area (Å²) in [4.78, 5) is 35.2. The number of likely N-dealkylation sites (N-methyl/N-ethyl adjacent to an activating group) is 1. The smallest absolute Gasteiger partial charge is 0.238 e. The number of hydrogen-bond acceptors (Lipinski definition) is 7. The maximum absolute atomic E-state index is 12.2. The summed E-state index contributed by atoms with van der Waals surface area (Å²) >= 11 is 0. The molecule has 0 atom stereocenters. The summed E-state index contributed by atoms with van der Waals surface area (Å²) in [5.74, 6) is -0.103. The number of H-pyrrole nitrogens is 2. The summed E-state index contributed by atoms with van der Waals surface area (Å²) in [7, 11) is 3.70. The maximum Gasteiger partial charge on any atom is 0.238 e. The first-order valence-electron chi connectivity index (χ1n) is 11.7. The Morgan fingerprint density at radius 2 is 1.78 bits per heavy atom. The van der Waals surface area contributed by atoms with Gasteiger partial charge in [0.15, 0.2) is 5.65 Å². The highest BCUT2D eigenvalue weighted by atomic mass is 16.2.